The number of nitrogens with one attached hydrogen (secondary N) is 1. The second kappa shape index (κ2) is 7.44. The van der Waals surface area contributed by atoms with Crippen molar-refractivity contribution < 1.29 is 0 Å². The quantitative estimate of drug-likeness (QED) is 0.809. The molecule has 0 heterocycles. The van der Waals surface area contributed by atoms with E-state index in [2.05, 4.69) is 59.4 Å². The van der Waals surface area contributed by atoms with Crippen LogP contribution in [0.1, 0.15) is 51.5 Å². The van der Waals surface area contributed by atoms with Crippen molar-refractivity contribution >= 4 is 15.9 Å². The van der Waals surface area contributed by atoms with E-state index in [1.54, 1.807) is 0 Å². The van der Waals surface area contributed by atoms with Crippen LogP contribution in [-0.2, 0) is 6.42 Å². The van der Waals surface area contributed by atoms with E-state index in [-0.39, 0.29) is 0 Å². The van der Waals surface area contributed by atoms with E-state index < -0.39 is 0 Å². The molecule has 1 fully saturated rings. The van der Waals surface area contributed by atoms with Gasteiger partial charge in [0.2, 0.25) is 0 Å². The van der Waals surface area contributed by atoms with Gasteiger partial charge in [-0.05, 0) is 49.8 Å². The lowest BCUT2D eigenvalue weighted by molar-refractivity contribution is 0.264. The Balaban J connectivity index is 1.80. The molecular formula is C17H26BrN. The first kappa shape index (κ1) is 15.1. The molecule has 0 spiro atoms. The van der Waals surface area contributed by atoms with Crippen molar-refractivity contribution in [1.82, 2.24) is 5.32 Å². The standard InChI is InChI=1S/C17H26BrN/c1-3-14-5-4-6-17(12-14)19-13(2)11-15-7-9-16(18)10-8-15/h7-10,13-14,17,19H,3-6,11-12H2,1-2H3. The summed E-state index contributed by atoms with van der Waals surface area (Å²) in [5, 5.41) is 3.83. The second-order valence-corrected chi connectivity index (χ2v) is 6.95. The van der Waals surface area contributed by atoms with E-state index in [0.29, 0.717) is 6.04 Å². The third-order valence-corrected chi connectivity index (χ3v) is 4.86. The van der Waals surface area contributed by atoms with Gasteiger partial charge in [0.25, 0.3) is 0 Å². The number of rotatable bonds is 5. The minimum Gasteiger partial charge on any atom is -0.311 e. The Morgan fingerprint density at radius 3 is 2.68 bits per heavy atom. The highest BCUT2D eigenvalue weighted by atomic mass is 79.9. The lowest BCUT2D eigenvalue weighted by Crippen LogP contribution is -2.40. The van der Waals surface area contributed by atoms with Crippen LogP contribution in [-0.4, -0.2) is 12.1 Å². The molecular weight excluding hydrogens is 298 g/mol. The minimum absolute atomic E-state index is 0.571. The van der Waals surface area contributed by atoms with Gasteiger partial charge in [0.15, 0.2) is 0 Å². The zero-order valence-electron chi connectivity index (χ0n) is 12.2. The zero-order valence-corrected chi connectivity index (χ0v) is 13.7. The van der Waals surface area contributed by atoms with Crippen LogP contribution >= 0.6 is 15.9 Å². The Hall–Kier alpha value is -0.340. The molecule has 1 saturated carbocycles. The molecule has 2 rings (SSSR count). The molecule has 0 bridgehead atoms. The molecule has 1 aliphatic carbocycles. The molecule has 3 unspecified atom stereocenters. The van der Waals surface area contributed by atoms with Gasteiger partial charge in [-0.1, -0.05) is 54.2 Å². The van der Waals surface area contributed by atoms with Crippen LogP contribution in [0.3, 0.4) is 0 Å². The lowest BCUT2D eigenvalue weighted by Gasteiger charge is -2.31. The van der Waals surface area contributed by atoms with E-state index in [9.17, 15) is 0 Å². The maximum Gasteiger partial charge on any atom is 0.0175 e. The van der Waals surface area contributed by atoms with Crippen LogP contribution < -0.4 is 5.32 Å². The van der Waals surface area contributed by atoms with Gasteiger partial charge < -0.3 is 5.32 Å². The molecule has 2 heteroatoms. The Bertz CT molecular complexity index is 373. The van der Waals surface area contributed by atoms with Gasteiger partial charge in [0.05, 0.1) is 0 Å². The molecule has 1 aliphatic rings. The van der Waals surface area contributed by atoms with E-state index >= 15 is 0 Å². The molecule has 3 atom stereocenters. The smallest absolute Gasteiger partial charge is 0.0175 e. The van der Waals surface area contributed by atoms with Gasteiger partial charge >= 0.3 is 0 Å². The van der Waals surface area contributed by atoms with Gasteiger partial charge in [0, 0.05) is 16.6 Å². The number of halogens is 1. The van der Waals surface area contributed by atoms with Crippen LogP contribution in [0.25, 0.3) is 0 Å². The molecule has 19 heavy (non-hydrogen) atoms. The van der Waals surface area contributed by atoms with Crippen molar-refractivity contribution in [3.63, 3.8) is 0 Å². The van der Waals surface area contributed by atoms with Crippen molar-refractivity contribution in [2.24, 2.45) is 5.92 Å². The Morgan fingerprint density at radius 2 is 2.00 bits per heavy atom. The molecule has 1 aromatic carbocycles. The van der Waals surface area contributed by atoms with Crippen LogP contribution in [0, 0.1) is 5.92 Å². The largest absolute Gasteiger partial charge is 0.311 e. The SMILES string of the molecule is CCC1CCCC(NC(C)Cc2ccc(Br)cc2)C1. The van der Waals surface area contributed by atoms with E-state index in [4.69, 9.17) is 0 Å². The number of hydrogen-bond acceptors (Lipinski definition) is 1. The van der Waals surface area contributed by atoms with Gasteiger partial charge in [-0.2, -0.15) is 0 Å². The average Bonchev–Trinajstić information content (AvgIpc) is 2.41. The molecule has 0 amide bonds. The first-order valence-electron chi connectivity index (χ1n) is 7.68. The normalized spacial score (nSPS) is 25.2. The summed E-state index contributed by atoms with van der Waals surface area (Å²) in [7, 11) is 0. The van der Waals surface area contributed by atoms with Crippen LogP contribution in [0.15, 0.2) is 28.7 Å². The summed E-state index contributed by atoms with van der Waals surface area (Å²) in [5.41, 5.74) is 1.42. The average molecular weight is 324 g/mol. The molecule has 0 aliphatic heterocycles. The molecule has 1 nitrogen and oxygen atoms in total. The highest BCUT2D eigenvalue weighted by Crippen LogP contribution is 2.27. The highest BCUT2D eigenvalue weighted by Gasteiger charge is 2.21. The van der Waals surface area contributed by atoms with Gasteiger partial charge in [-0.3, -0.25) is 0 Å². The Morgan fingerprint density at radius 1 is 1.26 bits per heavy atom. The monoisotopic (exact) mass is 323 g/mol. The van der Waals surface area contributed by atoms with Crippen molar-refractivity contribution in [1.29, 1.82) is 0 Å². The third-order valence-electron chi connectivity index (χ3n) is 4.34. The lowest BCUT2D eigenvalue weighted by atomic mass is 9.84. The fourth-order valence-electron chi connectivity index (χ4n) is 3.25. The predicted octanol–water partition coefficient (Wildman–Crippen LogP) is 4.94. The van der Waals surface area contributed by atoms with Crippen LogP contribution in [0.5, 0.6) is 0 Å². The molecule has 0 aromatic heterocycles. The summed E-state index contributed by atoms with van der Waals surface area (Å²) < 4.78 is 1.16. The highest BCUT2D eigenvalue weighted by molar-refractivity contribution is 9.10. The fourth-order valence-corrected chi connectivity index (χ4v) is 3.51. The Kier molecular flexibility index (Phi) is 5.90. The molecule has 106 valence electrons. The van der Waals surface area contributed by atoms with E-state index in [1.165, 1.54) is 37.7 Å². The summed E-state index contributed by atoms with van der Waals surface area (Å²) in [6, 6.07) is 10.0. The van der Waals surface area contributed by atoms with Crippen molar-refractivity contribution in [2.75, 3.05) is 0 Å². The second-order valence-electron chi connectivity index (χ2n) is 6.04. The minimum atomic E-state index is 0.571. The number of hydrogen-bond donors (Lipinski definition) is 1. The molecule has 0 saturated heterocycles. The summed E-state index contributed by atoms with van der Waals surface area (Å²) in [6.07, 6.45) is 8.05. The maximum absolute atomic E-state index is 3.83. The maximum atomic E-state index is 3.83. The van der Waals surface area contributed by atoms with Crippen LogP contribution in [0.4, 0.5) is 0 Å². The van der Waals surface area contributed by atoms with E-state index in [0.717, 1.165) is 22.9 Å². The molecule has 0 radical (unpaired) electrons. The topological polar surface area (TPSA) is 12.0 Å². The van der Waals surface area contributed by atoms with Crippen molar-refractivity contribution in [3.8, 4) is 0 Å². The number of benzene rings is 1. The summed E-state index contributed by atoms with van der Waals surface area (Å²) in [5.74, 6) is 0.950. The van der Waals surface area contributed by atoms with Gasteiger partial charge in [-0.25, -0.2) is 0 Å². The van der Waals surface area contributed by atoms with Crippen LogP contribution in [0.2, 0.25) is 0 Å². The predicted molar refractivity (Wildman–Crippen MR) is 86.5 cm³/mol. The summed E-state index contributed by atoms with van der Waals surface area (Å²) in [6.45, 7) is 4.65. The summed E-state index contributed by atoms with van der Waals surface area (Å²) >= 11 is 3.49. The fraction of sp³-hybridized carbons (Fsp3) is 0.647. The van der Waals surface area contributed by atoms with Gasteiger partial charge in [0.1, 0.15) is 0 Å². The van der Waals surface area contributed by atoms with Crippen molar-refractivity contribution in [2.45, 2.75) is 64.5 Å². The zero-order chi connectivity index (χ0) is 13.7. The van der Waals surface area contributed by atoms with Crippen molar-refractivity contribution in [3.05, 3.63) is 34.3 Å². The summed E-state index contributed by atoms with van der Waals surface area (Å²) in [4.78, 5) is 0. The first-order chi connectivity index (χ1) is 9.17. The van der Waals surface area contributed by atoms with E-state index in [1.807, 2.05) is 0 Å². The third kappa shape index (κ3) is 4.92. The molecule has 1 N–H and O–H groups in total. The first-order valence-corrected chi connectivity index (χ1v) is 8.47. The van der Waals surface area contributed by atoms with Gasteiger partial charge in [-0.15, -0.1) is 0 Å². The molecule has 1 aromatic rings. The Labute approximate surface area is 126 Å².